The van der Waals surface area contributed by atoms with Crippen molar-refractivity contribution >= 4 is 11.6 Å². The molecule has 1 unspecified atom stereocenters. The summed E-state index contributed by atoms with van der Waals surface area (Å²) < 4.78 is 2.09. The second-order valence-electron chi connectivity index (χ2n) is 4.08. The van der Waals surface area contributed by atoms with E-state index in [4.69, 9.17) is 11.6 Å². The average molecular weight is 229 g/mol. The normalized spacial score (nSPS) is 13.4. The molecule has 15 heavy (non-hydrogen) atoms. The van der Waals surface area contributed by atoms with Crippen molar-refractivity contribution in [3.8, 4) is 0 Å². The van der Waals surface area contributed by atoms with E-state index in [0.29, 0.717) is 6.04 Å². The van der Waals surface area contributed by atoms with Crippen LogP contribution in [0, 0.1) is 0 Å². The maximum atomic E-state index is 5.92. The van der Waals surface area contributed by atoms with Crippen molar-refractivity contribution in [1.29, 1.82) is 0 Å². The average Bonchev–Trinajstić information content (AvgIpc) is 2.65. The molecule has 2 nitrogen and oxygen atoms in total. The summed E-state index contributed by atoms with van der Waals surface area (Å²) in [6.45, 7) is 6.44. The van der Waals surface area contributed by atoms with Crippen LogP contribution in [0.5, 0.6) is 0 Å². The highest BCUT2D eigenvalue weighted by Crippen LogP contribution is 2.15. The zero-order valence-electron chi connectivity index (χ0n) is 9.91. The van der Waals surface area contributed by atoms with Crippen LogP contribution in [0.3, 0.4) is 0 Å². The Labute approximate surface area is 97.6 Å². The minimum absolute atomic E-state index is 0.239. The lowest BCUT2D eigenvalue weighted by atomic mass is 10.2. The first kappa shape index (κ1) is 12.6. The number of aryl methyl sites for hydroxylation is 1. The summed E-state index contributed by atoms with van der Waals surface area (Å²) in [5, 5.41) is 4.82. The minimum Gasteiger partial charge on any atom is -0.269 e. The van der Waals surface area contributed by atoms with Crippen molar-refractivity contribution in [3.63, 3.8) is 0 Å². The number of halogens is 1. The summed E-state index contributed by atoms with van der Waals surface area (Å²) in [7, 11) is 0. The van der Waals surface area contributed by atoms with Gasteiger partial charge in [-0.1, -0.05) is 13.8 Å². The van der Waals surface area contributed by atoms with Gasteiger partial charge < -0.3 is 0 Å². The largest absolute Gasteiger partial charge is 0.269 e. The molecule has 1 aromatic heterocycles. The molecule has 1 atom stereocenters. The molecule has 0 aliphatic carbocycles. The Hall–Kier alpha value is -0.500. The number of alkyl halides is 1. The molecule has 0 aliphatic rings. The highest BCUT2D eigenvalue weighted by atomic mass is 35.5. The van der Waals surface area contributed by atoms with E-state index >= 15 is 0 Å². The number of hydrogen-bond acceptors (Lipinski definition) is 1. The zero-order valence-corrected chi connectivity index (χ0v) is 10.7. The topological polar surface area (TPSA) is 17.8 Å². The highest BCUT2D eigenvalue weighted by molar-refractivity contribution is 6.20. The van der Waals surface area contributed by atoms with Gasteiger partial charge in [0.25, 0.3) is 0 Å². The third-order valence-corrected chi connectivity index (χ3v) is 3.00. The maximum absolute atomic E-state index is 5.92. The van der Waals surface area contributed by atoms with Crippen LogP contribution >= 0.6 is 11.6 Å². The molecule has 0 fully saturated rings. The molecule has 0 amide bonds. The Morgan fingerprint density at radius 2 is 2.07 bits per heavy atom. The quantitative estimate of drug-likeness (QED) is 0.678. The number of aromatic nitrogens is 2. The number of hydrogen-bond donors (Lipinski definition) is 0. The van der Waals surface area contributed by atoms with Gasteiger partial charge in [0.05, 0.1) is 11.7 Å². The third-order valence-electron chi connectivity index (χ3n) is 2.78. The van der Waals surface area contributed by atoms with Crippen molar-refractivity contribution in [2.45, 2.75) is 57.9 Å². The van der Waals surface area contributed by atoms with Crippen molar-refractivity contribution in [2.24, 2.45) is 0 Å². The highest BCUT2D eigenvalue weighted by Gasteiger charge is 2.08. The predicted octanol–water partition coefficient (Wildman–Crippen LogP) is 3.80. The standard InChI is InChI=1S/C12H21ClN2/c1-4-12(5-2)15-9-8-11(14-15)7-6-10(3)13/h8-10,12H,4-7H2,1-3H3. The molecule has 86 valence electrons. The van der Waals surface area contributed by atoms with Crippen molar-refractivity contribution < 1.29 is 0 Å². The minimum atomic E-state index is 0.239. The molecule has 1 heterocycles. The molecular formula is C12H21ClN2. The molecule has 0 aliphatic heterocycles. The Kier molecular flexibility index (Phi) is 5.16. The van der Waals surface area contributed by atoms with Crippen LogP contribution in [0.25, 0.3) is 0 Å². The Bertz CT molecular complexity index is 277. The Balaban J connectivity index is 2.55. The molecule has 0 bridgehead atoms. The van der Waals surface area contributed by atoms with Gasteiger partial charge in [-0.15, -0.1) is 11.6 Å². The summed E-state index contributed by atoms with van der Waals surface area (Å²) >= 11 is 5.92. The van der Waals surface area contributed by atoms with Crippen LogP contribution in [0.15, 0.2) is 12.3 Å². The van der Waals surface area contributed by atoms with E-state index in [-0.39, 0.29) is 5.38 Å². The first-order valence-corrected chi connectivity index (χ1v) is 6.29. The van der Waals surface area contributed by atoms with Gasteiger partial charge in [0.1, 0.15) is 0 Å². The van der Waals surface area contributed by atoms with E-state index in [0.717, 1.165) is 31.4 Å². The van der Waals surface area contributed by atoms with Gasteiger partial charge in [0, 0.05) is 11.6 Å². The molecule has 0 spiro atoms. The molecule has 1 aromatic rings. The van der Waals surface area contributed by atoms with E-state index in [2.05, 4.69) is 35.9 Å². The van der Waals surface area contributed by atoms with E-state index in [1.807, 2.05) is 6.92 Å². The summed E-state index contributed by atoms with van der Waals surface area (Å²) in [5.74, 6) is 0. The van der Waals surface area contributed by atoms with Gasteiger partial charge in [-0.2, -0.15) is 5.10 Å². The fourth-order valence-electron chi connectivity index (χ4n) is 1.72. The molecule has 0 saturated heterocycles. The molecule has 3 heteroatoms. The van der Waals surface area contributed by atoms with Gasteiger partial charge in [0.15, 0.2) is 0 Å². The predicted molar refractivity (Wildman–Crippen MR) is 65.5 cm³/mol. The van der Waals surface area contributed by atoms with Crippen LogP contribution in [-0.2, 0) is 6.42 Å². The summed E-state index contributed by atoms with van der Waals surface area (Å²) in [5.41, 5.74) is 1.16. The third kappa shape index (κ3) is 3.86. The summed E-state index contributed by atoms with van der Waals surface area (Å²) in [6.07, 6.45) is 6.36. The Morgan fingerprint density at radius 1 is 1.40 bits per heavy atom. The molecular weight excluding hydrogens is 208 g/mol. The molecule has 0 aromatic carbocycles. The van der Waals surface area contributed by atoms with Gasteiger partial charge in [-0.25, -0.2) is 0 Å². The van der Waals surface area contributed by atoms with Gasteiger partial charge in [-0.3, -0.25) is 4.68 Å². The molecule has 0 N–H and O–H groups in total. The van der Waals surface area contributed by atoms with Crippen LogP contribution in [0.2, 0.25) is 0 Å². The van der Waals surface area contributed by atoms with E-state index in [1.165, 1.54) is 0 Å². The van der Waals surface area contributed by atoms with Gasteiger partial charge in [0.2, 0.25) is 0 Å². The van der Waals surface area contributed by atoms with Gasteiger partial charge >= 0.3 is 0 Å². The smallest absolute Gasteiger partial charge is 0.0625 e. The van der Waals surface area contributed by atoms with Crippen molar-refractivity contribution in [1.82, 2.24) is 9.78 Å². The van der Waals surface area contributed by atoms with E-state index < -0.39 is 0 Å². The lowest BCUT2D eigenvalue weighted by Gasteiger charge is -2.12. The Morgan fingerprint density at radius 3 is 2.60 bits per heavy atom. The van der Waals surface area contributed by atoms with Crippen LogP contribution < -0.4 is 0 Å². The number of nitrogens with zero attached hydrogens (tertiary/aromatic N) is 2. The fraction of sp³-hybridized carbons (Fsp3) is 0.750. The zero-order chi connectivity index (χ0) is 11.3. The first-order chi connectivity index (χ1) is 7.17. The second-order valence-corrected chi connectivity index (χ2v) is 4.82. The summed E-state index contributed by atoms with van der Waals surface area (Å²) in [4.78, 5) is 0. The lowest BCUT2D eigenvalue weighted by molar-refractivity contribution is 0.425. The van der Waals surface area contributed by atoms with Crippen LogP contribution in [0.1, 0.15) is 51.8 Å². The lowest BCUT2D eigenvalue weighted by Crippen LogP contribution is -2.08. The molecule has 0 saturated carbocycles. The first-order valence-electron chi connectivity index (χ1n) is 5.85. The SMILES string of the molecule is CCC(CC)n1ccc(CCC(C)Cl)n1. The fourth-order valence-corrected chi connectivity index (χ4v) is 1.83. The molecule has 1 rings (SSSR count). The summed E-state index contributed by atoms with van der Waals surface area (Å²) in [6, 6.07) is 2.66. The maximum Gasteiger partial charge on any atom is 0.0625 e. The van der Waals surface area contributed by atoms with Crippen molar-refractivity contribution in [3.05, 3.63) is 18.0 Å². The van der Waals surface area contributed by atoms with Crippen molar-refractivity contribution in [2.75, 3.05) is 0 Å². The van der Waals surface area contributed by atoms with Crippen LogP contribution in [0.4, 0.5) is 0 Å². The van der Waals surface area contributed by atoms with E-state index in [9.17, 15) is 0 Å². The number of rotatable bonds is 6. The van der Waals surface area contributed by atoms with Crippen LogP contribution in [-0.4, -0.2) is 15.2 Å². The monoisotopic (exact) mass is 228 g/mol. The van der Waals surface area contributed by atoms with Gasteiger partial charge in [-0.05, 0) is 38.7 Å². The second kappa shape index (κ2) is 6.16. The molecule has 0 radical (unpaired) electrons. The van der Waals surface area contributed by atoms with E-state index in [1.54, 1.807) is 0 Å².